The highest BCUT2D eigenvalue weighted by atomic mass is 16.5. The number of carbonyl (C=O) groups is 2. The number of methoxy groups -OCH3 is 2. The van der Waals surface area contributed by atoms with Crippen molar-refractivity contribution < 1.29 is 19.1 Å². The van der Waals surface area contributed by atoms with E-state index in [9.17, 15) is 9.59 Å². The van der Waals surface area contributed by atoms with Crippen LogP contribution in [0.3, 0.4) is 0 Å². The number of allylic oxidation sites excluding steroid dienone is 3. The van der Waals surface area contributed by atoms with E-state index in [1.165, 1.54) is 14.2 Å². The van der Waals surface area contributed by atoms with E-state index >= 15 is 0 Å². The first-order valence-electron chi connectivity index (χ1n) is 6.85. The Hall–Kier alpha value is -3.06. The van der Waals surface area contributed by atoms with Gasteiger partial charge in [0.1, 0.15) is 23.3 Å². The lowest BCUT2D eigenvalue weighted by molar-refractivity contribution is -0.136. The summed E-state index contributed by atoms with van der Waals surface area (Å²) in [6.45, 7) is 5.07. The lowest BCUT2D eigenvalue weighted by Gasteiger charge is -2.04. The van der Waals surface area contributed by atoms with Crippen molar-refractivity contribution in [1.29, 1.82) is 10.5 Å². The van der Waals surface area contributed by atoms with Crippen molar-refractivity contribution >= 4 is 11.9 Å². The number of nitrogens with zero attached hydrogens (tertiary/aromatic N) is 3. The van der Waals surface area contributed by atoms with E-state index in [0.29, 0.717) is 11.1 Å². The maximum absolute atomic E-state index is 11.1. The van der Waals surface area contributed by atoms with E-state index in [0.717, 1.165) is 0 Å². The largest absolute Gasteiger partial charge is 0.465 e. The van der Waals surface area contributed by atoms with E-state index in [1.54, 1.807) is 39.1 Å². The maximum atomic E-state index is 11.1. The van der Waals surface area contributed by atoms with Gasteiger partial charge < -0.3 is 14.4 Å². The quantitative estimate of drug-likeness (QED) is 0.336. The number of hydrogen-bond donors (Lipinski definition) is 0. The summed E-state index contributed by atoms with van der Waals surface area (Å²) in [5.74, 6) is -1.17. The highest BCUT2D eigenvalue weighted by Gasteiger charge is 2.10. The summed E-state index contributed by atoms with van der Waals surface area (Å²) in [6, 6.07) is 3.57. The first-order chi connectivity index (χ1) is 11.2. The van der Waals surface area contributed by atoms with Crippen LogP contribution in [0.25, 0.3) is 0 Å². The Morgan fingerprint density at radius 1 is 0.917 bits per heavy atom. The summed E-state index contributed by atoms with van der Waals surface area (Å²) in [5, 5.41) is 17.1. The van der Waals surface area contributed by atoms with Crippen molar-refractivity contribution in [3.63, 3.8) is 0 Å². The predicted molar refractivity (Wildman–Crippen MR) is 89.2 cm³/mol. The molecule has 0 heterocycles. The molecule has 0 atom stereocenters. The summed E-state index contributed by atoms with van der Waals surface area (Å²) >= 11 is 0. The third-order valence-corrected chi connectivity index (χ3v) is 2.52. The smallest absolute Gasteiger partial charge is 0.348 e. The lowest BCUT2D eigenvalue weighted by Crippen LogP contribution is -2.05. The first-order valence-corrected chi connectivity index (χ1v) is 6.85. The molecule has 0 rings (SSSR count). The summed E-state index contributed by atoms with van der Waals surface area (Å²) in [5.41, 5.74) is 1.38. The Balaban J connectivity index is 0. The minimum Gasteiger partial charge on any atom is -0.465 e. The van der Waals surface area contributed by atoms with E-state index in [2.05, 4.69) is 9.47 Å². The van der Waals surface area contributed by atoms with Gasteiger partial charge in [-0.25, -0.2) is 9.59 Å². The van der Waals surface area contributed by atoms with Gasteiger partial charge in [-0.15, -0.1) is 0 Å². The Morgan fingerprint density at radius 2 is 1.33 bits per heavy atom. The van der Waals surface area contributed by atoms with Crippen molar-refractivity contribution in [1.82, 2.24) is 4.90 Å². The summed E-state index contributed by atoms with van der Waals surface area (Å²) in [7, 11) is 6.22. The topological polar surface area (TPSA) is 103 Å². The molecule has 0 aliphatic carbocycles. The van der Waals surface area contributed by atoms with E-state index in [4.69, 9.17) is 10.5 Å². The second kappa shape index (κ2) is 12.5. The SMILES string of the molecule is COC(=O)/C(C#N)=C(C)\C=C\N(C)C.COC(=O)C(C#N)=C(C)C. The molecule has 0 N–H and O–H groups in total. The molecule has 7 heteroatoms. The molecule has 0 aliphatic heterocycles. The Kier molecular flexibility index (Phi) is 12.1. The lowest BCUT2D eigenvalue weighted by atomic mass is 10.1. The number of esters is 2. The molecular formula is C17H23N3O4. The number of ether oxygens (including phenoxy) is 2. The minimum atomic E-state index is -0.603. The molecule has 0 bridgehead atoms. The highest BCUT2D eigenvalue weighted by Crippen LogP contribution is 2.06. The summed E-state index contributed by atoms with van der Waals surface area (Å²) < 4.78 is 8.81. The molecule has 0 amide bonds. The van der Waals surface area contributed by atoms with Gasteiger partial charge in [-0.1, -0.05) is 5.57 Å². The first kappa shape index (κ1) is 23.2. The van der Waals surface area contributed by atoms with Crippen molar-refractivity contribution in [3.05, 3.63) is 34.6 Å². The molecule has 0 aromatic rings. The Labute approximate surface area is 143 Å². The normalized spacial score (nSPS) is 10.2. The third kappa shape index (κ3) is 9.06. The van der Waals surface area contributed by atoms with Crippen LogP contribution >= 0.6 is 0 Å². The zero-order valence-electron chi connectivity index (χ0n) is 15.1. The minimum absolute atomic E-state index is 0.0330. The molecule has 0 aliphatic rings. The van der Waals surface area contributed by atoms with Gasteiger partial charge in [-0.3, -0.25) is 0 Å². The third-order valence-electron chi connectivity index (χ3n) is 2.52. The second-order valence-electron chi connectivity index (χ2n) is 4.92. The van der Waals surface area contributed by atoms with E-state index < -0.39 is 11.9 Å². The number of hydrogen-bond acceptors (Lipinski definition) is 7. The molecule has 0 fully saturated rings. The second-order valence-corrected chi connectivity index (χ2v) is 4.92. The Morgan fingerprint density at radius 3 is 1.58 bits per heavy atom. The molecule has 0 aromatic heterocycles. The van der Waals surface area contributed by atoms with Gasteiger partial charge in [0, 0.05) is 14.1 Å². The van der Waals surface area contributed by atoms with Crippen molar-refractivity contribution in [2.75, 3.05) is 28.3 Å². The van der Waals surface area contributed by atoms with Crippen LogP contribution in [0, 0.1) is 22.7 Å². The van der Waals surface area contributed by atoms with E-state index in [1.807, 2.05) is 25.1 Å². The number of nitriles is 2. The Bertz CT molecular complexity index is 625. The molecule has 0 saturated carbocycles. The number of rotatable bonds is 4. The number of carbonyl (C=O) groups excluding carboxylic acids is 2. The average molecular weight is 333 g/mol. The molecule has 0 unspecified atom stereocenters. The average Bonchev–Trinajstić information content (AvgIpc) is 2.53. The monoisotopic (exact) mass is 333 g/mol. The van der Waals surface area contributed by atoms with Crippen LogP contribution in [0.2, 0.25) is 0 Å². The van der Waals surface area contributed by atoms with Crippen LogP contribution in [0.5, 0.6) is 0 Å². The molecule has 0 saturated heterocycles. The van der Waals surface area contributed by atoms with Crippen LogP contribution in [-0.4, -0.2) is 45.2 Å². The van der Waals surface area contributed by atoms with Crippen LogP contribution in [0.4, 0.5) is 0 Å². The summed E-state index contributed by atoms with van der Waals surface area (Å²) in [4.78, 5) is 23.6. The van der Waals surface area contributed by atoms with Crippen LogP contribution in [0.15, 0.2) is 34.6 Å². The zero-order chi connectivity index (χ0) is 19.3. The van der Waals surface area contributed by atoms with Gasteiger partial charge >= 0.3 is 11.9 Å². The van der Waals surface area contributed by atoms with Crippen LogP contribution < -0.4 is 0 Å². The van der Waals surface area contributed by atoms with Gasteiger partial charge in [0.2, 0.25) is 0 Å². The highest BCUT2D eigenvalue weighted by molar-refractivity contribution is 5.94. The molecule has 130 valence electrons. The van der Waals surface area contributed by atoms with Gasteiger partial charge in [-0.2, -0.15) is 10.5 Å². The van der Waals surface area contributed by atoms with Crippen molar-refractivity contribution in [2.24, 2.45) is 0 Å². The summed E-state index contributed by atoms with van der Waals surface area (Å²) in [6.07, 6.45) is 3.45. The van der Waals surface area contributed by atoms with Crippen molar-refractivity contribution in [3.8, 4) is 12.1 Å². The fourth-order valence-corrected chi connectivity index (χ4v) is 1.20. The molecule has 0 radical (unpaired) electrons. The molecule has 0 spiro atoms. The van der Waals surface area contributed by atoms with Gasteiger partial charge in [0.05, 0.1) is 14.2 Å². The predicted octanol–water partition coefficient (Wildman–Crippen LogP) is 2.09. The molecule has 0 aromatic carbocycles. The fraction of sp³-hybridized carbons (Fsp3) is 0.412. The molecule has 7 nitrogen and oxygen atoms in total. The fourth-order valence-electron chi connectivity index (χ4n) is 1.20. The van der Waals surface area contributed by atoms with Gasteiger partial charge in [0.15, 0.2) is 0 Å². The van der Waals surface area contributed by atoms with Crippen molar-refractivity contribution in [2.45, 2.75) is 20.8 Å². The van der Waals surface area contributed by atoms with Crippen LogP contribution in [-0.2, 0) is 19.1 Å². The molecular weight excluding hydrogens is 310 g/mol. The van der Waals surface area contributed by atoms with Gasteiger partial charge in [-0.05, 0) is 38.6 Å². The standard InChI is InChI=1S/C10H14N2O2.C7H9NO2/c1-8(5-6-12(2)3)9(7-11)10(13)14-4;1-5(2)6(4-8)7(9)10-3/h5-6H,1-4H3;1-3H3/b6-5+,9-8-;. The molecule has 24 heavy (non-hydrogen) atoms. The van der Waals surface area contributed by atoms with E-state index in [-0.39, 0.29) is 11.1 Å². The van der Waals surface area contributed by atoms with Gasteiger partial charge in [0.25, 0.3) is 0 Å². The van der Waals surface area contributed by atoms with Crippen LogP contribution in [0.1, 0.15) is 20.8 Å². The zero-order valence-corrected chi connectivity index (χ0v) is 15.1. The maximum Gasteiger partial charge on any atom is 0.348 e.